The van der Waals surface area contributed by atoms with E-state index < -0.39 is 0 Å². The van der Waals surface area contributed by atoms with Crippen molar-refractivity contribution in [2.75, 3.05) is 41.3 Å². The van der Waals surface area contributed by atoms with E-state index in [0.29, 0.717) is 23.0 Å². The zero-order valence-electron chi connectivity index (χ0n) is 20.4. The molecule has 2 aliphatic rings. The van der Waals surface area contributed by atoms with E-state index in [0.717, 1.165) is 62.9 Å². The Kier molecular flexibility index (Phi) is 7.01. The van der Waals surface area contributed by atoms with Crippen molar-refractivity contribution >= 4 is 34.3 Å². The summed E-state index contributed by atoms with van der Waals surface area (Å²) >= 11 is 0.163. The van der Waals surface area contributed by atoms with Crippen molar-refractivity contribution in [2.24, 2.45) is 0 Å². The Bertz CT molecular complexity index is 1290. The van der Waals surface area contributed by atoms with Crippen LogP contribution in [0.15, 0.2) is 29.3 Å². The van der Waals surface area contributed by atoms with Gasteiger partial charge in [-0.15, -0.1) is 0 Å². The summed E-state index contributed by atoms with van der Waals surface area (Å²) in [6.07, 6.45) is 7.57. The second kappa shape index (κ2) is 10.2. The SMILES string of the molecule is C[I-]N1CCN(c2ccc(Nc3ncc4c(C)c(C(C)=O)c(=O)n(C5CCCC5)c4n3)nc2)CC1. The fraction of sp³-hybridized carbons (Fsp3) is 0.480. The first-order valence-electron chi connectivity index (χ1n) is 12.1. The first-order chi connectivity index (χ1) is 17.0. The maximum atomic E-state index is 13.4. The Morgan fingerprint density at radius 1 is 1.09 bits per heavy atom. The quantitative estimate of drug-likeness (QED) is 0.191. The van der Waals surface area contributed by atoms with Gasteiger partial charge in [-0.2, -0.15) is 0 Å². The molecule has 0 radical (unpaired) electrons. The van der Waals surface area contributed by atoms with Crippen LogP contribution < -0.4 is 37.3 Å². The Morgan fingerprint density at radius 2 is 1.83 bits per heavy atom. The van der Waals surface area contributed by atoms with Crippen LogP contribution in [-0.2, 0) is 0 Å². The molecule has 0 unspecified atom stereocenters. The molecule has 186 valence electrons. The van der Waals surface area contributed by atoms with Gasteiger partial charge in [0.25, 0.3) is 5.56 Å². The predicted octanol–water partition coefficient (Wildman–Crippen LogP) is 0.312. The normalized spacial score (nSPS) is 17.4. The number of fused-ring (bicyclic) bond motifs is 1. The fourth-order valence-corrected chi connectivity index (χ4v) is 6.58. The average molecular weight is 588 g/mol. The molecule has 5 rings (SSSR count). The van der Waals surface area contributed by atoms with Crippen molar-refractivity contribution < 1.29 is 26.3 Å². The zero-order valence-corrected chi connectivity index (χ0v) is 22.6. The first-order valence-corrected chi connectivity index (χ1v) is 15.2. The van der Waals surface area contributed by atoms with Crippen molar-refractivity contribution in [3.8, 4) is 0 Å². The van der Waals surface area contributed by atoms with Gasteiger partial charge in [-0.1, -0.05) is 12.8 Å². The molecule has 1 saturated carbocycles. The number of nitrogens with zero attached hydrogens (tertiary/aromatic N) is 6. The second-order valence-corrected chi connectivity index (χ2v) is 11.5. The van der Waals surface area contributed by atoms with Gasteiger partial charge in [0.1, 0.15) is 0 Å². The molecule has 0 aromatic carbocycles. The number of alkyl halides is 1. The summed E-state index contributed by atoms with van der Waals surface area (Å²) in [5.41, 5.74) is 2.34. The van der Waals surface area contributed by atoms with Crippen LogP contribution in [0.25, 0.3) is 11.0 Å². The summed E-state index contributed by atoms with van der Waals surface area (Å²) in [6.45, 7) is 7.53. The summed E-state index contributed by atoms with van der Waals surface area (Å²) in [5.74, 6) is 0.822. The van der Waals surface area contributed by atoms with Crippen LogP contribution in [0.4, 0.5) is 17.5 Å². The minimum atomic E-state index is -0.244. The van der Waals surface area contributed by atoms with Gasteiger partial charge in [0, 0.05) is 11.4 Å². The fourth-order valence-electron chi connectivity index (χ4n) is 5.18. The number of aryl methyl sites for hydroxylation is 1. The number of anilines is 3. The molecule has 1 saturated heterocycles. The standard InChI is InChI=1S/C25H31IN7O2/c1-16-20-15-28-25(29-21-9-8-19(14-27-21)31-10-12-32(26-3)13-11-31)30-23(20)33(18-6-4-5-7-18)24(35)22(16)17(2)34/h8-9,14-15,18H,4-7,10-13H2,1-3H3,(H,27,28,29,30)/q-1. The molecule has 2 fully saturated rings. The van der Waals surface area contributed by atoms with Crippen LogP contribution in [0, 0.1) is 6.92 Å². The number of pyridine rings is 2. The van der Waals surface area contributed by atoms with Gasteiger partial charge >= 0.3 is 128 Å². The number of nitrogens with one attached hydrogen (secondary N) is 1. The van der Waals surface area contributed by atoms with Crippen LogP contribution in [0.3, 0.4) is 0 Å². The summed E-state index contributed by atoms with van der Waals surface area (Å²) in [6, 6.07) is 4.07. The number of carbonyl (C=O) groups is 1. The molecule has 0 amide bonds. The summed E-state index contributed by atoms with van der Waals surface area (Å²) in [7, 11) is 0. The number of ketones is 1. The molecule has 3 aromatic heterocycles. The van der Waals surface area contributed by atoms with Gasteiger partial charge in [0.05, 0.1) is 5.56 Å². The molecule has 35 heavy (non-hydrogen) atoms. The third kappa shape index (κ3) is 4.77. The molecule has 1 N–H and O–H groups in total. The molecule has 0 spiro atoms. The molecule has 0 bridgehead atoms. The Labute approximate surface area is 215 Å². The van der Waals surface area contributed by atoms with E-state index in [4.69, 9.17) is 4.98 Å². The van der Waals surface area contributed by atoms with E-state index in [1.165, 1.54) is 6.92 Å². The molecule has 0 atom stereocenters. The van der Waals surface area contributed by atoms with Gasteiger partial charge in [-0.3, -0.25) is 14.2 Å². The van der Waals surface area contributed by atoms with Crippen LogP contribution in [0.1, 0.15) is 54.6 Å². The number of carbonyl (C=O) groups excluding carboxylic acids is 1. The maximum absolute atomic E-state index is 13.4. The number of piperazine rings is 1. The van der Waals surface area contributed by atoms with E-state index >= 15 is 0 Å². The first kappa shape index (κ1) is 24.1. The van der Waals surface area contributed by atoms with E-state index in [-0.39, 0.29) is 44.4 Å². The Morgan fingerprint density at radius 3 is 2.46 bits per heavy atom. The van der Waals surface area contributed by atoms with Crippen molar-refractivity contribution in [1.29, 1.82) is 0 Å². The van der Waals surface area contributed by atoms with Crippen LogP contribution in [-0.4, -0.2) is 59.5 Å². The Hall–Kier alpha value is -2.60. The minimum absolute atomic E-state index is 0.0548. The number of hydrogen-bond acceptors (Lipinski definition) is 8. The Balaban J connectivity index is 1.44. The van der Waals surface area contributed by atoms with Gasteiger partial charge < -0.3 is 0 Å². The second-order valence-electron chi connectivity index (χ2n) is 9.19. The summed E-state index contributed by atoms with van der Waals surface area (Å²) in [5, 5.41) is 3.94. The van der Waals surface area contributed by atoms with Crippen molar-refractivity contribution in [2.45, 2.75) is 45.6 Å². The van der Waals surface area contributed by atoms with Crippen LogP contribution in [0.2, 0.25) is 0 Å². The molecular formula is C25H31IN7O2-. The third-order valence-electron chi connectivity index (χ3n) is 7.07. The summed E-state index contributed by atoms with van der Waals surface area (Å²) < 4.78 is 4.29. The number of Topliss-reactive ketones (excluding diaryl/α,β-unsaturated/α-hetero) is 1. The van der Waals surface area contributed by atoms with E-state index in [1.807, 2.05) is 12.3 Å². The van der Waals surface area contributed by atoms with Crippen LogP contribution in [0.5, 0.6) is 0 Å². The monoisotopic (exact) mass is 588 g/mol. The molecule has 9 nitrogen and oxygen atoms in total. The zero-order chi connectivity index (χ0) is 24.5. The molecule has 1 aliphatic carbocycles. The number of aromatic nitrogens is 4. The van der Waals surface area contributed by atoms with Gasteiger partial charge in [0.15, 0.2) is 5.78 Å². The number of halogens is 1. The van der Waals surface area contributed by atoms with Crippen molar-refractivity contribution in [3.05, 3.63) is 46.0 Å². The molecule has 3 aromatic rings. The average Bonchev–Trinajstić information content (AvgIpc) is 3.39. The summed E-state index contributed by atoms with van der Waals surface area (Å²) in [4.78, 5) is 44.2. The van der Waals surface area contributed by atoms with E-state index in [9.17, 15) is 9.59 Å². The number of hydrogen-bond donors (Lipinski definition) is 1. The van der Waals surface area contributed by atoms with Crippen molar-refractivity contribution in [1.82, 2.24) is 22.6 Å². The molecule has 1 aliphatic heterocycles. The predicted molar refractivity (Wildman–Crippen MR) is 133 cm³/mol. The van der Waals surface area contributed by atoms with E-state index in [1.54, 1.807) is 17.7 Å². The van der Waals surface area contributed by atoms with E-state index in [2.05, 4.69) is 34.3 Å². The topological polar surface area (TPSA) is 96.2 Å². The molecule has 4 heterocycles. The van der Waals surface area contributed by atoms with Gasteiger partial charge in [-0.05, 0) is 32.3 Å². The molecular weight excluding hydrogens is 557 g/mol. The number of rotatable bonds is 6. The van der Waals surface area contributed by atoms with Gasteiger partial charge in [0.2, 0.25) is 0 Å². The van der Waals surface area contributed by atoms with Crippen molar-refractivity contribution in [3.63, 3.8) is 0 Å². The third-order valence-corrected chi connectivity index (χ3v) is 9.40. The van der Waals surface area contributed by atoms with Crippen LogP contribution >= 0.6 is 0 Å². The molecule has 10 heteroatoms. The van der Waals surface area contributed by atoms with Gasteiger partial charge in [-0.25, -0.2) is 0 Å².